The number of aromatic amines is 2. The molecule has 0 fully saturated rings. The molecular formula is C24H26N8O4. The summed E-state index contributed by atoms with van der Waals surface area (Å²) in [5, 5.41) is 4.49. The number of hydrogen-bond donors (Lipinski definition) is 2. The second-order valence-electron chi connectivity index (χ2n) is 7.54. The van der Waals surface area contributed by atoms with Crippen LogP contribution in [0.3, 0.4) is 0 Å². The number of hydrogen-bond acceptors (Lipinski definition) is 9. The summed E-state index contributed by atoms with van der Waals surface area (Å²) >= 11 is 0. The Hall–Kier alpha value is -4.58. The van der Waals surface area contributed by atoms with E-state index in [1.54, 1.807) is 62.8 Å². The normalized spacial score (nSPS) is 12.1. The molecule has 0 aliphatic rings. The first kappa shape index (κ1) is 24.5. The van der Waals surface area contributed by atoms with Crippen LogP contribution in [-0.4, -0.2) is 77.9 Å². The lowest BCUT2D eigenvalue weighted by molar-refractivity contribution is 0.144. The van der Waals surface area contributed by atoms with Gasteiger partial charge < -0.3 is 24.2 Å². The third-order valence-electron chi connectivity index (χ3n) is 5.10. The van der Waals surface area contributed by atoms with Crippen LogP contribution in [0.15, 0.2) is 50.4 Å². The van der Waals surface area contributed by atoms with E-state index in [0.717, 1.165) is 0 Å². The lowest BCUT2D eigenvalue weighted by atomic mass is 10.2. The molecule has 186 valence electrons. The van der Waals surface area contributed by atoms with Crippen molar-refractivity contribution in [1.82, 2.24) is 24.7 Å². The number of aryl methyl sites for hydroxylation is 1. The molecule has 4 rings (SSSR count). The van der Waals surface area contributed by atoms with E-state index in [4.69, 9.17) is 14.2 Å². The zero-order valence-corrected chi connectivity index (χ0v) is 20.2. The zero-order valence-electron chi connectivity index (χ0n) is 20.2. The molecule has 0 saturated carbocycles. The van der Waals surface area contributed by atoms with Crippen LogP contribution in [0.1, 0.15) is 0 Å². The molecule has 0 atom stereocenters. The smallest absolute Gasteiger partial charge is 0.261 e. The van der Waals surface area contributed by atoms with Crippen LogP contribution in [0.25, 0.3) is 33.5 Å². The van der Waals surface area contributed by atoms with Crippen molar-refractivity contribution in [3.05, 3.63) is 41.0 Å². The Bertz CT molecular complexity index is 1530. The average Bonchev–Trinajstić information content (AvgIpc) is 3.44. The van der Waals surface area contributed by atoms with Crippen LogP contribution >= 0.6 is 0 Å². The zero-order chi connectivity index (χ0) is 25.5. The highest BCUT2D eigenvalue weighted by Crippen LogP contribution is 2.35. The van der Waals surface area contributed by atoms with E-state index in [0.29, 0.717) is 64.8 Å². The standard InChI is InChI=1S/C24H26N8O4/c1-25-6-5-7-26-8-9-27-22-20(24(33)30-17-14-32(2)31-21(17)22)23-28-15-12-18(35-4)19(13-16(15)29-23)36-11-10-34-3/h5-7,9,12-14H,1,8,10-11H2,2-4H3,(H,28,29)(H,30,33)/b6-5-,26-7-,27-9-. The third kappa shape index (κ3) is 5.23. The van der Waals surface area contributed by atoms with Gasteiger partial charge in [0.05, 0.1) is 36.8 Å². The number of H-pyrrole nitrogens is 2. The van der Waals surface area contributed by atoms with E-state index in [1.165, 1.54) is 6.20 Å². The second-order valence-corrected chi connectivity index (χ2v) is 7.54. The summed E-state index contributed by atoms with van der Waals surface area (Å²) in [6, 6.07) is 3.52. The maximum absolute atomic E-state index is 13.2. The van der Waals surface area contributed by atoms with Gasteiger partial charge in [-0.15, -0.1) is 0 Å². The Morgan fingerprint density at radius 1 is 1.17 bits per heavy atom. The topological polar surface area (TPSA) is 144 Å². The number of methoxy groups -OCH3 is 2. The summed E-state index contributed by atoms with van der Waals surface area (Å²) in [7, 11) is 4.93. The number of aromatic nitrogens is 5. The minimum atomic E-state index is -0.353. The van der Waals surface area contributed by atoms with Crippen LogP contribution in [0.5, 0.6) is 11.5 Å². The van der Waals surface area contributed by atoms with Crippen molar-refractivity contribution < 1.29 is 14.2 Å². The number of rotatable bonds is 11. The minimum absolute atomic E-state index is 0.259. The molecular weight excluding hydrogens is 464 g/mol. The molecule has 0 aliphatic heterocycles. The number of allylic oxidation sites excluding steroid dienone is 1. The van der Waals surface area contributed by atoms with Gasteiger partial charge in [-0.1, -0.05) is 0 Å². The van der Waals surface area contributed by atoms with Crippen molar-refractivity contribution in [2.24, 2.45) is 22.0 Å². The van der Waals surface area contributed by atoms with Crippen LogP contribution in [0, 0.1) is 0 Å². The number of nitrogens with one attached hydrogen (secondary N) is 2. The molecule has 0 unspecified atom stereocenters. The van der Waals surface area contributed by atoms with Gasteiger partial charge >= 0.3 is 0 Å². The summed E-state index contributed by atoms with van der Waals surface area (Å²) in [4.78, 5) is 36.3. The first-order valence-corrected chi connectivity index (χ1v) is 11.0. The molecule has 0 saturated heterocycles. The van der Waals surface area contributed by atoms with E-state index in [9.17, 15) is 4.79 Å². The van der Waals surface area contributed by atoms with Gasteiger partial charge in [0.1, 0.15) is 29.2 Å². The van der Waals surface area contributed by atoms with Crippen molar-refractivity contribution in [2.45, 2.75) is 0 Å². The molecule has 36 heavy (non-hydrogen) atoms. The molecule has 0 aliphatic carbocycles. The number of aliphatic imine (C=N–C) groups is 3. The van der Waals surface area contributed by atoms with Crippen LogP contribution < -0.4 is 15.0 Å². The van der Waals surface area contributed by atoms with Crippen molar-refractivity contribution in [3.63, 3.8) is 0 Å². The molecule has 1 aromatic carbocycles. The fraction of sp³-hybridized carbons (Fsp3) is 0.250. The number of nitrogens with zero attached hydrogens (tertiary/aromatic N) is 6. The van der Waals surface area contributed by atoms with Crippen LogP contribution in [0.2, 0.25) is 0 Å². The maximum Gasteiger partial charge on any atom is 0.261 e. The van der Waals surface area contributed by atoms with Gasteiger partial charge in [-0.05, 0) is 12.8 Å². The van der Waals surface area contributed by atoms with Gasteiger partial charge in [0.15, 0.2) is 11.5 Å². The monoisotopic (exact) mass is 490 g/mol. The van der Waals surface area contributed by atoms with Crippen molar-refractivity contribution in [1.29, 1.82) is 0 Å². The van der Waals surface area contributed by atoms with E-state index < -0.39 is 0 Å². The summed E-state index contributed by atoms with van der Waals surface area (Å²) in [6.07, 6.45) is 8.10. The predicted molar refractivity (Wildman–Crippen MR) is 141 cm³/mol. The first-order chi connectivity index (χ1) is 17.5. The average molecular weight is 491 g/mol. The molecule has 0 bridgehead atoms. The van der Waals surface area contributed by atoms with Gasteiger partial charge in [-0.2, -0.15) is 5.10 Å². The van der Waals surface area contributed by atoms with Gasteiger partial charge in [-0.25, -0.2) is 4.98 Å². The third-order valence-corrected chi connectivity index (χ3v) is 5.10. The van der Waals surface area contributed by atoms with Gasteiger partial charge in [-0.3, -0.25) is 24.5 Å². The summed E-state index contributed by atoms with van der Waals surface area (Å²) < 4.78 is 17.9. The van der Waals surface area contributed by atoms with Gasteiger partial charge in [0, 0.05) is 51.1 Å². The highest BCUT2D eigenvalue weighted by atomic mass is 16.5. The molecule has 3 heterocycles. The second kappa shape index (κ2) is 11.2. The van der Waals surface area contributed by atoms with Crippen molar-refractivity contribution in [2.75, 3.05) is 34.0 Å². The fourth-order valence-electron chi connectivity index (χ4n) is 3.55. The van der Waals surface area contributed by atoms with Gasteiger partial charge in [0.25, 0.3) is 5.56 Å². The van der Waals surface area contributed by atoms with E-state index in [2.05, 4.69) is 41.7 Å². The van der Waals surface area contributed by atoms with Gasteiger partial charge in [0.2, 0.25) is 0 Å². The molecule has 2 N–H and O–H groups in total. The Morgan fingerprint density at radius 3 is 2.81 bits per heavy atom. The molecule has 0 spiro atoms. The Balaban J connectivity index is 1.79. The highest BCUT2D eigenvalue weighted by molar-refractivity contribution is 5.96. The SMILES string of the molecule is C=N/C=C\C=N/C/C=N\c1c(-c2nc3cc(OC)c(OCCOC)cc3[nH]2)c(=O)[nH]c2cn(C)nc12. The maximum atomic E-state index is 13.2. The quantitative estimate of drug-likeness (QED) is 0.244. The Labute approximate surface area is 206 Å². The minimum Gasteiger partial charge on any atom is -0.493 e. The fourth-order valence-corrected chi connectivity index (χ4v) is 3.55. The summed E-state index contributed by atoms with van der Waals surface area (Å²) in [5.41, 5.74) is 2.65. The lowest BCUT2D eigenvalue weighted by Crippen LogP contribution is -2.10. The van der Waals surface area contributed by atoms with Crippen molar-refractivity contribution in [3.8, 4) is 22.9 Å². The molecule has 0 amide bonds. The molecule has 12 nitrogen and oxygen atoms in total. The number of imidazole rings is 1. The largest absolute Gasteiger partial charge is 0.493 e. The molecule has 4 aromatic rings. The Morgan fingerprint density at radius 2 is 2.03 bits per heavy atom. The van der Waals surface area contributed by atoms with Crippen LogP contribution in [0.4, 0.5) is 5.69 Å². The highest BCUT2D eigenvalue weighted by Gasteiger charge is 2.20. The number of fused-ring (bicyclic) bond motifs is 2. The molecule has 0 radical (unpaired) electrons. The van der Waals surface area contributed by atoms with E-state index in [1.807, 2.05) is 0 Å². The molecule has 3 aromatic heterocycles. The number of ether oxygens (including phenoxy) is 3. The Kier molecular flexibility index (Phi) is 7.66. The van der Waals surface area contributed by atoms with Crippen LogP contribution in [-0.2, 0) is 11.8 Å². The lowest BCUT2D eigenvalue weighted by Gasteiger charge is -2.10. The van der Waals surface area contributed by atoms with E-state index in [-0.39, 0.29) is 11.1 Å². The number of pyridine rings is 1. The van der Waals surface area contributed by atoms with Crippen molar-refractivity contribution >= 4 is 46.9 Å². The van der Waals surface area contributed by atoms with E-state index >= 15 is 0 Å². The first-order valence-electron chi connectivity index (χ1n) is 11.0. The summed E-state index contributed by atoms with van der Waals surface area (Å²) in [6.45, 7) is 4.45. The summed E-state index contributed by atoms with van der Waals surface area (Å²) in [5.74, 6) is 1.39. The predicted octanol–water partition coefficient (Wildman–Crippen LogP) is 2.83. The molecule has 12 heteroatoms. The number of benzene rings is 1.